The molecule has 4 heteroatoms. The third-order valence-corrected chi connectivity index (χ3v) is 3.53. The lowest BCUT2D eigenvalue weighted by atomic mass is 9.94. The number of carbonyl (C=O) groups is 1. The first-order valence-corrected chi connectivity index (χ1v) is 6.68. The first-order chi connectivity index (χ1) is 9.20. The number of rotatable bonds is 2. The van der Waals surface area contributed by atoms with Gasteiger partial charge in [-0.3, -0.25) is 4.90 Å². The van der Waals surface area contributed by atoms with Gasteiger partial charge < -0.3 is 10.8 Å². The molecule has 0 radical (unpaired) electrons. The molecule has 0 fully saturated rings. The highest BCUT2D eigenvalue weighted by Gasteiger charge is 2.29. The molecule has 0 aromatic heterocycles. The molecule has 102 valence electrons. The molecule has 0 heterocycles. The van der Waals surface area contributed by atoms with Gasteiger partial charge in [-0.15, -0.1) is 0 Å². The quantitative estimate of drug-likeness (QED) is 0.803. The second-order valence-electron chi connectivity index (χ2n) is 4.85. The summed E-state index contributed by atoms with van der Waals surface area (Å²) in [6.07, 6.45) is 6.68. The first kappa shape index (κ1) is 13.6. The topological polar surface area (TPSA) is 66.6 Å². The highest BCUT2D eigenvalue weighted by atomic mass is 16.4. The molecule has 0 saturated heterocycles. The molecular weight excluding hydrogens is 240 g/mol. The summed E-state index contributed by atoms with van der Waals surface area (Å²) >= 11 is 0. The molecule has 0 spiro atoms. The number of amides is 1. The van der Waals surface area contributed by atoms with E-state index in [0.29, 0.717) is 5.69 Å². The Morgan fingerprint density at radius 1 is 1.16 bits per heavy atom. The minimum absolute atomic E-state index is 0.124. The van der Waals surface area contributed by atoms with E-state index >= 15 is 0 Å². The lowest BCUT2D eigenvalue weighted by Gasteiger charge is -2.34. The van der Waals surface area contributed by atoms with Crippen LogP contribution in [0.5, 0.6) is 0 Å². The van der Waals surface area contributed by atoms with Gasteiger partial charge >= 0.3 is 6.09 Å². The maximum atomic E-state index is 11.6. The van der Waals surface area contributed by atoms with E-state index in [4.69, 9.17) is 5.73 Å². The maximum absolute atomic E-state index is 11.6. The molecule has 1 aromatic rings. The molecule has 1 aliphatic carbocycles. The van der Waals surface area contributed by atoms with Gasteiger partial charge in [0.05, 0.1) is 6.04 Å². The number of carboxylic acid groups (broad SMARTS) is 1. The molecule has 3 N–H and O–H groups in total. The summed E-state index contributed by atoms with van der Waals surface area (Å²) in [6, 6.07) is 8.92. The Labute approximate surface area is 113 Å². The van der Waals surface area contributed by atoms with Crippen molar-refractivity contribution in [1.29, 1.82) is 0 Å². The third kappa shape index (κ3) is 3.35. The minimum Gasteiger partial charge on any atom is -0.465 e. The highest BCUT2D eigenvalue weighted by molar-refractivity contribution is 5.86. The average molecular weight is 260 g/mol. The van der Waals surface area contributed by atoms with Crippen molar-refractivity contribution in [3.8, 4) is 0 Å². The van der Waals surface area contributed by atoms with Crippen molar-refractivity contribution < 1.29 is 9.90 Å². The largest absolute Gasteiger partial charge is 0.465 e. The highest BCUT2D eigenvalue weighted by Crippen LogP contribution is 2.24. The molecule has 1 aliphatic rings. The van der Waals surface area contributed by atoms with Crippen LogP contribution >= 0.6 is 0 Å². The van der Waals surface area contributed by atoms with Crippen molar-refractivity contribution >= 4 is 11.8 Å². The van der Waals surface area contributed by atoms with Crippen LogP contribution in [0.15, 0.2) is 42.5 Å². The van der Waals surface area contributed by atoms with E-state index in [2.05, 4.69) is 12.2 Å². The Kier molecular flexibility index (Phi) is 4.58. The molecular formula is C15H20N2O2. The van der Waals surface area contributed by atoms with Crippen molar-refractivity contribution in [2.75, 3.05) is 4.90 Å². The summed E-state index contributed by atoms with van der Waals surface area (Å²) in [5.41, 5.74) is 6.88. The minimum atomic E-state index is -0.934. The first-order valence-electron chi connectivity index (χ1n) is 6.68. The number of hydrogen-bond donors (Lipinski definition) is 2. The summed E-state index contributed by atoms with van der Waals surface area (Å²) in [7, 11) is 0. The smallest absolute Gasteiger partial charge is 0.412 e. The molecule has 2 unspecified atom stereocenters. The normalized spacial score (nSPS) is 25.1. The zero-order valence-corrected chi connectivity index (χ0v) is 10.9. The van der Waals surface area contributed by atoms with Crippen LogP contribution in [0.4, 0.5) is 10.5 Å². The van der Waals surface area contributed by atoms with Crippen molar-refractivity contribution in [2.24, 2.45) is 5.73 Å². The molecule has 0 saturated carbocycles. The number of anilines is 1. The standard InChI is InChI=1S/C15H20N2O2/c16-13-10-6-1-2-7-11-14(13)17(15(18)19)12-8-4-3-5-9-12/h1-5,8-9,13-14H,6-7,10-11,16H2,(H,18,19)/b2-1+. The number of nitrogens with zero attached hydrogens (tertiary/aromatic N) is 1. The van der Waals surface area contributed by atoms with Crippen molar-refractivity contribution in [2.45, 2.75) is 37.8 Å². The van der Waals surface area contributed by atoms with Gasteiger partial charge in [0, 0.05) is 11.7 Å². The molecule has 2 atom stereocenters. The van der Waals surface area contributed by atoms with Crippen LogP contribution in [0.1, 0.15) is 25.7 Å². The van der Waals surface area contributed by atoms with Gasteiger partial charge in [-0.05, 0) is 37.8 Å². The van der Waals surface area contributed by atoms with Crippen LogP contribution in [0.3, 0.4) is 0 Å². The molecule has 0 bridgehead atoms. The maximum Gasteiger partial charge on any atom is 0.412 e. The summed E-state index contributed by atoms with van der Waals surface area (Å²) in [4.78, 5) is 13.0. The van der Waals surface area contributed by atoms with E-state index < -0.39 is 6.09 Å². The van der Waals surface area contributed by atoms with Crippen LogP contribution in [0.2, 0.25) is 0 Å². The monoisotopic (exact) mass is 260 g/mol. The Bertz CT molecular complexity index is 445. The van der Waals surface area contributed by atoms with Gasteiger partial charge in [0.15, 0.2) is 0 Å². The van der Waals surface area contributed by atoms with Gasteiger partial charge in [-0.2, -0.15) is 0 Å². The Hall–Kier alpha value is -1.81. The number of hydrogen-bond acceptors (Lipinski definition) is 2. The molecule has 19 heavy (non-hydrogen) atoms. The SMILES string of the molecule is NC1CC/C=C/CCC1N(C(=O)O)c1ccccc1. The summed E-state index contributed by atoms with van der Waals surface area (Å²) in [5, 5.41) is 9.51. The van der Waals surface area contributed by atoms with Gasteiger partial charge in [0.2, 0.25) is 0 Å². The van der Waals surface area contributed by atoms with Gasteiger partial charge in [-0.25, -0.2) is 4.79 Å². The third-order valence-electron chi connectivity index (χ3n) is 3.53. The summed E-state index contributed by atoms with van der Waals surface area (Å²) in [5.74, 6) is 0. The van der Waals surface area contributed by atoms with E-state index in [-0.39, 0.29) is 12.1 Å². The Morgan fingerprint density at radius 2 is 1.79 bits per heavy atom. The van der Waals surface area contributed by atoms with Crippen LogP contribution < -0.4 is 10.6 Å². The molecule has 1 amide bonds. The number of benzene rings is 1. The average Bonchev–Trinajstić information content (AvgIpc) is 2.39. The van der Waals surface area contributed by atoms with Gasteiger partial charge in [-0.1, -0.05) is 30.4 Å². The van der Waals surface area contributed by atoms with E-state index in [1.54, 1.807) is 0 Å². The lowest BCUT2D eigenvalue weighted by Crippen LogP contribution is -2.50. The molecule has 1 aromatic carbocycles. The fourth-order valence-electron chi connectivity index (χ4n) is 2.55. The van der Waals surface area contributed by atoms with Crippen molar-refractivity contribution in [3.05, 3.63) is 42.5 Å². The van der Waals surface area contributed by atoms with Crippen molar-refractivity contribution in [1.82, 2.24) is 0 Å². The fraction of sp³-hybridized carbons (Fsp3) is 0.400. The van der Waals surface area contributed by atoms with E-state index in [9.17, 15) is 9.90 Å². The predicted molar refractivity (Wildman–Crippen MR) is 76.3 cm³/mol. The van der Waals surface area contributed by atoms with Gasteiger partial charge in [0.1, 0.15) is 0 Å². The van der Waals surface area contributed by atoms with E-state index in [1.165, 1.54) is 4.90 Å². The predicted octanol–water partition coefficient (Wildman–Crippen LogP) is 3.00. The second kappa shape index (κ2) is 6.38. The van der Waals surface area contributed by atoms with Crippen LogP contribution in [0.25, 0.3) is 0 Å². The molecule has 2 rings (SSSR count). The number of para-hydroxylation sites is 1. The number of allylic oxidation sites excluding steroid dienone is 2. The molecule has 4 nitrogen and oxygen atoms in total. The lowest BCUT2D eigenvalue weighted by molar-refractivity contribution is 0.196. The zero-order chi connectivity index (χ0) is 13.7. The van der Waals surface area contributed by atoms with E-state index in [0.717, 1.165) is 25.7 Å². The fourth-order valence-corrected chi connectivity index (χ4v) is 2.55. The van der Waals surface area contributed by atoms with Crippen LogP contribution in [0, 0.1) is 0 Å². The summed E-state index contributed by atoms with van der Waals surface area (Å²) < 4.78 is 0. The molecule has 0 aliphatic heterocycles. The Morgan fingerprint density at radius 3 is 2.42 bits per heavy atom. The van der Waals surface area contributed by atoms with E-state index in [1.807, 2.05) is 30.3 Å². The van der Waals surface area contributed by atoms with Crippen molar-refractivity contribution in [3.63, 3.8) is 0 Å². The summed E-state index contributed by atoms with van der Waals surface area (Å²) in [6.45, 7) is 0. The Balaban J connectivity index is 2.27. The second-order valence-corrected chi connectivity index (χ2v) is 4.85. The number of nitrogens with two attached hydrogens (primary N) is 1. The van der Waals surface area contributed by atoms with Crippen LogP contribution in [-0.4, -0.2) is 23.3 Å². The zero-order valence-electron chi connectivity index (χ0n) is 10.9. The van der Waals surface area contributed by atoms with Gasteiger partial charge in [0.25, 0.3) is 0 Å². The van der Waals surface area contributed by atoms with Crippen LogP contribution in [-0.2, 0) is 0 Å².